The third-order valence-corrected chi connectivity index (χ3v) is 7.23. The molecule has 1 atom stereocenters. The van der Waals surface area contributed by atoms with Gasteiger partial charge in [0.15, 0.2) is 16.3 Å². The Balaban J connectivity index is 1.93. The van der Waals surface area contributed by atoms with Crippen molar-refractivity contribution in [3.05, 3.63) is 102 Å². The molecule has 3 aromatic rings. The van der Waals surface area contributed by atoms with Gasteiger partial charge in [0.05, 0.1) is 40.5 Å². The minimum absolute atomic E-state index is 0.244. The fourth-order valence-electron chi connectivity index (χ4n) is 4.07. The average Bonchev–Trinajstić information content (AvgIpc) is 3.20. The minimum atomic E-state index is -0.636. The van der Waals surface area contributed by atoms with Crippen molar-refractivity contribution in [2.45, 2.75) is 19.4 Å². The maximum absolute atomic E-state index is 13.7. The summed E-state index contributed by atoms with van der Waals surface area (Å²) < 4.78 is 19.0. The zero-order valence-corrected chi connectivity index (χ0v) is 22.5. The number of halogens is 1. The van der Waals surface area contributed by atoms with Crippen molar-refractivity contribution in [3.8, 4) is 11.5 Å². The lowest BCUT2D eigenvalue weighted by atomic mass is 9.95. The van der Waals surface area contributed by atoms with E-state index in [4.69, 9.17) is 14.2 Å². The number of allylic oxidation sites excluding steroid dienone is 1. The third kappa shape index (κ3) is 4.81. The van der Waals surface area contributed by atoms with Gasteiger partial charge in [-0.15, -0.1) is 0 Å². The molecule has 0 radical (unpaired) electrons. The van der Waals surface area contributed by atoms with Gasteiger partial charge >= 0.3 is 5.97 Å². The van der Waals surface area contributed by atoms with Crippen LogP contribution < -0.4 is 24.4 Å². The van der Waals surface area contributed by atoms with Crippen molar-refractivity contribution in [1.29, 1.82) is 0 Å². The predicted molar refractivity (Wildman–Crippen MR) is 143 cm³/mol. The molecule has 1 aliphatic rings. The Morgan fingerprint density at radius 3 is 2.64 bits per heavy atom. The van der Waals surface area contributed by atoms with Crippen LogP contribution in [-0.4, -0.2) is 31.4 Å². The summed E-state index contributed by atoms with van der Waals surface area (Å²) in [6.45, 7) is 5.93. The molecule has 0 spiro atoms. The number of thiazole rings is 1. The molecule has 2 aromatic carbocycles. The molecule has 0 bridgehead atoms. The molecule has 0 saturated heterocycles. The van der Waals surface area contributed by atoms with Crippen LogP contribution >= 0.6 is 27.3 Å². The Labute approximate surface area is 220 Å². The first-order valence-electron chi connectivity index (χ1n) is 11.2. The monoisotopic (exact) mass is 568 g/mol. The molecule has 36 heavy (non-hydrogen) atoms. The number of esters is 1. The van der Waals surface area contributed by atoms with E-state index in [0.29, 0.717) is 49.6 Å². The number of nitrogens with zero attached hydrogens (tertiary/aromatic N) is 2. The largest absolute Gasteiger partial charge is 0.493 e. The number of hydrogen-bond donors (Lipinski definition) is 0. The lowest BCUT2D eigenvalue weighted by Crippen LogP contribution is -2.40. The number of benzene rings is 2. The molecule has 0 fully saturated rings. The van der Waals surface area contributed by atoms with Crippen molar-refractivity contribution in [1.82, 2.24) is 4.57 Å². The normalized spacial score (nSPS) is 15.2. The molecule has 9 heteroatoms. The van der Waals surface area contributed by atoms with Crippen LogP contribution in [0, 0.1) is 0 Å². The number of fused-ring (bicyclic) bond motifs is 1. The van der Waals surface area contributed by atoms with Crippen LogP contribution in [0.4, 0.5) is 0 Å². The second-order valence-corrected chi connectivity index (χ2v) is 9.70. The van der Waals surface area contributed by atoms with Crippen LogP contribution in [0.3, 0.4) is 0 Å². The van der Waals surface area contributed by atoms with Gasteiger partial charge in [0.1, 0.15) is 6.61 Å². The summed E-state index contributed by atoms with van der Waals surface area (Å²) in [5.74, 6) is 0.576. The molecule has 0 amide bonds. The van der Waals surface area contributed by atoms with Crippen LogP contribution in [0.2, 0.25) is 0 Å². The van der Waals surface area contributed by atoms with E-state index >= 15 is 0 Å². The van der Waals surface area contributed by atoms with Gasteiger partial charge in [-0.2, -0.15) is 0 Å². The van der Waals surface area contributed by atoms with Crippen molar-refractivity contribution in [2.75, 3.05) is 20.8 Å². The first-order chi connectivity index (χ1) is 17.4. The summed E-state index contributed by atoms with van der Waals surface area (Å²) in [4.78, 5) is 31.8. The summed E-state index contributed by atoms with van der Waals surface area (Å²) in [6.07, 6.45) is 3.95. The smallest absolute Gasteiger partial charge is 0.338 e. The number of aromatic nitrogens is 1. The third-order valence-electron chi connectivity index (χ3n) is 5.66. The van der Waals surface area contributed by atoms with Crippen molar-refractivity contribution >= 4 is 39.3 Å². The second kappa shape index (κ2) is 11.1. The first-order valence-corrected chi connectivity index (χ1v) is 12.8. The molecular weight excluding hydrogens is 544 g/mol. The van der Waals surface area contributed by atoms with Crippen molar-refractivity contribution < 1.29 is 19.0 Å². The van der Waals surface area contributed by atoms with E-state index in [2.05, 4.69) is 27.5 Å². The van der Waals surface area contributed by atoms with E-state index < -0.39 is 12.0 Å². The number of rotatable bonds is 8. The Bertz CT molecular complexity index is 1520. The summed E-state index contributed by atoms with van der Waals surface area (Å²) in [5, 5.41) is 0. The van der Waals surface area contributed by atoms with E-state index in [1.165, 1.54) is 18.4 Å². The van der Waals surface area contributed by atoms with E-state index in [1.807, 2.05) is 43.3 Å². The molecule has 0 aliphatic carbocycles. The fraction of sp³-hybridized carbons (Fsp3) is 0.222. The summed E-state index contributed by atoms with van der Waals surface area (Å²) >= 11 is 4.81. The SMILES string of the molecule is C=CCOc1c(Br)cc(/C=c2\sc3n(c2=O)[C@H](c2ccccc2)C(C(=O)OC)=C(CC)N=3)cc1OC. The van der Waals surface area contributed by atoms with E-state index in [0.717, 1.165) is 11.1 Å². The van der Waals surface area contributed by atoms with Crippen LogP contribution in [0.5, 0.6) is 11.5 Å². The Morgan fingerprint density at radius 1 is 1.25 bits per heavy atom. The van der Waals surface area contributed by atoms with Gasteiger partial charge in [0.25, 0.3) is 5.56 Å². The highest BCUT2D eigenvalue weighted by Gasteiger charge is 2.33. The Hall–Kier alpha value is -3.43. The highest BCUT2D eigenvalue weighted by Crippen LogP contribution is 2.37. The number of carbonyl (C=O) groups excluding carboxylic acids is 1. The Morgan fingerprint density at radius 2 is 2.00 bits per heavy atom. The maximum atomic E-state index is 13.7. The molecule has 0 unspecified atom stereocenters. The number of methoxy groups -OCH3 is 2. The topological polar surface area (TPSA) is 79.1 Å². The number of hydrogen-bond acceptors (Lipinski definition) is 7. The molecule has 2 heterocycles. The molecule has 0 N–H and O–H groups in total. The maximum Gasteiger partial charge on any atom is 0.338 e. The zero-order valence-electron chi connectivity index (χ0n) is 20.1. The van der Waals surface area contributed by atoms with Crippen LogP contribution in [0.25, 0.3) is 6.08 Å². The van der Waals surface area contributed by atoms with Crippen molar-refractivity contribution in [2.24, 2.45) is 4.99 Å². The minimum Gasteiger partial charge on any atom is -0.493 e. The lowest BCUT2D eigenvalue weighted by molar-refractivity contribution is -0.136. The quantitative estimate of drug-likeness (QED) is 0.301. The molecule has 4 rings (SSSR count). The van der Waals surface area contributed by atoms with Gasteiger partial charge in [-0.1, -0.05) is 61.2 Å². The van der Waals surface area contributed by atoms with Gasteiger partial charge in [-0.3, -0.25) is 9.36 Å². The van der Waals surface area contributed by atoms with Gasteiger partial charge in [0.2, 0.25) is 0 Å². The van der Waals surface area contributed by atoms with Crippen LogP contribution in [-0.2, 0) is 9.53 Å². The van der Waals surface area contributed by atoms with E-state index in [-0.39, 0.29) is 5.56 Å². The molecular formula is C27H25BrN2O5S. The Kier molecular flexibility index (Phi) is 7.91. The van der Waals surface area contributed by atoms with E-state index in [9.17, 15) is 9.59 Å². The highest BCUT2D eigenvalue weighted by atomic mass is 79.9. The van der Waals surface area contributed by atoms with Crippen molar-refractivity contribution in [3.63, 3.8) is 0 Å². The molecule has 1 aromatic heterocycles. The summed E-state index contributed by atoms with van der Waals surface area (Å²) in [5.41, 5.74) is 2.29. The second-order valence-electron chi connectivity index (χ2n) is 7.83. The van der Waals surface area contributed by atoms with Crippen LogP contribution in [0.15, 0.2) is 80.6 Å². The lowest BCUT2D eigenvalue weighted by Gasteiger charge is -2.25. The number of ether oxygens (including phenoxy) is 3. The van der Waals surface area contributed by atoms with Gasteiger partial charge in [-0.05, 0) is 51.7 Å². The highest BCUT2D eigenvalue weighted by molar-refractivity contribution is 9.10. The van der Waals surface area contributed by atoms with Gasteiger partial charge < -0.3 is 14.2 Å². The zero-order chi connectivity index (χ0) is 25.8. The van der Waals surface area contributed by atoms with Crippen LogP contribution in [0.1, 0.15) is 30.5 Å². The summed E-state index contributed by atoms with van der Waals surface area (Å²) in [7, 11) is 2.89. The average molecular weight is 569 g/mol. The molecule has 7 nitrogen and oxygen atoms in total. The van der Waals surface area contributed by atoms with E-state index in [1.54, 1.807) is 29.9 Å². The number of carbonyl (C=O) groups is 1. The molecule has 1 aliphatic heterocycles. The molecule has 0 saturated carbocycles. The van der Waals surface area contributed by atoms with Gasteiger partial charge in [0, 0.05) is 0 Å². The first kappa shape index (κ1) is 25.7. The summed E-state index contributed by atoms with van der Waals surface area (Å²) in [6, 6.07) is 12.5. The molecule has 186 valence electrons. The standard InChI is InChI=1S/C27H25BrN2O5S/c1-5-12-35-24-18(28)13-16(14-20(24)33-3)15-21-25(31)30-23(17-10-8-7-9-11-17)22(26(32)34-4)19(6-2)29-27(30)36-21/h5,7-11,13-15,23H,1,6,12H2,2-4H3/b21-15-/t23-/m1/s1. The predicted octanol–water partition coefficient (Wildman–Crippen LogP) is 4.13. The van der Waals surface area contributed by atoms with Gasteiger partial charge in [-0.25, -0.2) is 9.79 Å². The fourth-order valence-corrected chi connectivity index (χ4v) is 5.67.